The van der Waals surface area contributed by atoms with Gasteiger partial charge in [0.2, 0.25) is 5.88 Å². The number of anilines is 2. The van der Waals surface area contributed by atoms with Gasteiger partial charge in [-0.1, -0.05) is 0 Å². The third-order valence-corrected chi connectivity index (χ3v) is 3.16. The number of nitrogens with one attached hydrogen (secondary N) is 1. The molecule has 6 nitrogen and oxygen atoms in total. The van der Waals surface area contributed by atoms with Crippen molar-refractivity contribution < 1.29 is 4.74 Å². The van der Waals surface area contributed by atoms with Gasteiger partial charge in [-0.25, -0.2) is 4.98 Å². The van der Waals surface area contributed by atoms with E-state index in [1.807, 2.05) is 44.5 Å². The molecule has 1 unspecified atom stereocenters. The van der Waals surface area contributed by atoms with Crippen molar-refractivity contribution in [1.29, 1.82) is 0 Å². The fourth-order valence-corrected chi connectivity index (χ4v) is 2.06. The molecule has 6 heteroatoms. The maximum atomic E-state index is 5.36. The van der Waals surface area contributed by atoms with Gasteiger partial charge in [0.05, 0.1) is 25.0 Å². The van der Waals surface area contributed by atoms with Crippen molar-refractivity contribution in [3.05, 3.63) is 30.2 Å². The molecule has 2 heterocycles. The predicted octanol–water partition coefficient (Wildman–Crippen LogP) is 2.06. The summed E-state index contributed by atoms with van der Waals surface area (Å²) in [4.78, 5) is 6.29. The fraction of sp³-hybridized carbons (Fsp3) is 0.429. The van der Waals surface area contributed by atoms with Crippen LogP contribution in [0, 0.1) is 0 Å². The third-order valence-electron chi connectivity index (χ3n) is 3.16. The number of nitrogens with zero attached hydrogens (tertiary/aromatic N) is 4. The molecule has 0 saturated heterocycles. The molecule has 1 atom stereocenters. The molecule has 2 aromatic heterocycles. The number of aromatic nitrogens is 3. The number of methoxy groups -OCH3 is 1. The normalized spacial score (nSPS) is 12.1. The van der Waals surface area contributed by atoms with E-state index < -0.39 is 0 Å². The van der Waals surface area contributed by atoms with Crippen molar-refractivity contribution >= 4 is 11.4 Å². The Labute approximate surface area is 119 Å². The summed E-state index contributed by atoms with van der Waals surface area (Å²) in [5, 5.41) is 7.66. The van der Waals surface area contributed by atoms with E-state index in [0.29, 0.717) is 5.88 Å². The molecule has 0 aliphatic rings. The molecule has 0 fully saturated rings. The van der Waals surface area contributed by atoms with Gasteiger partial charge in [-0.3, -0.25) is 4.68 Å². The van der Waals surface area contributed by atoms with Crippen molar-refractivity contribution in [2.75, 3.05) is 31.4 Å². The van der Waals surface area contributed by atoms with E-state index in [-0.39, 0.29) is 6.04 Å². The first-order chi connectivity index (χ1) is 9.52. The first-order valence-corrected chi connectivity index (χ1v) is 6.48. The van der Waals surface area contributed by atoms with E-state index in [4.69, 9.17) is 4.74 Å². The Morgan fingerprint density at radius 3 is 2.70 bits per heavy atom. The molecule has 0 radical (unpaired) electrons. The van der Waals surface area contributed by atoms with Gasteiger partial charge in [0.1, 0.15) is 5.69 Å². The summed E-state index contributed by atoms with van der Waals surface area (Å²) in [6.45, 7) is 2.09. The van der Waals surface area contributed by atoms with Gasteiger partial charge in [0, 0.05) is 39.1 Å². The van der Waals surface area contributed by atoms with Crippen LogP contribution >= 0.6 is 0 Å². The quantitative estimate of drug-likeness (QED) is 0.905. The number of pyridine rings is 1. The van der Waals surface area contributed by atoms with E-state index in [1.54, 1.807) is 18.0 Å². The monoisotopic (exact) mass is 275 g/mol. The number of aryl methyl sites for hydroxylation is 1. The molecule has 1 N–H and O–H groups in total. The molecule has 0 aliphatic carbocycles. The molecule has 0 aliphatic heterocycles. The molecule has 0 aromatic carbocycles. The lowest BCUT2D eigenvalue weighted by atomic mass is 10.2. The van der Waals surface area contributed by atoms with Crippen LogP contribution in [0.2, 0.25) is 0 Å². The second-order valence-electron chi connectivity index (χ2n) is 4.92. The summed E-state index contributed by atoms with van der Waals surface area (Å²) in [6, 6.07) is 2.07. The van der Waals surface area contributed by atoms with Crippen LogP contribution in [-0.4, -0.2) is 36.0 Å². The Morgan fingerprint density at radius 1 is 1.40 bits per heavy atom. The van der Waals surface area contributed by atoms with Crippen LogP contribution in [-0.2, 0) is 7.05 Å². The second kappa shape index (κ2) is 5.81. The van der Waals surface area contributed by atoms with Crippen molar-refractivity contribution in [2.45, 2.75) is 13.0 Å². The van der Waals surface area contributed by atoms with Gasteiger partial charge < -0.3 is 15.0 Å². The van der Waals surface area contributed by atoms with Crippen molar-refractivity contribution in [2.24, 2.45) is 7.05 Å². The average molecular weight is 275 g/mol. The number of hydrogen-bond donors (Lipinski definition) is 1. The highest BCUT2D eigenvalue weighted by atomic mass is 16.5. The highest BCUT2D eigenvalue weighted by Crippen LogP contribution is 2.34. The lowest BCUT2D eigenvalue weighted by molar-refractivity contribution is 0.399. The van der Waals surface area contributed by atoms with Gasteiger partial charge >= 0.3 is 0 Å². The zero-order chi connectivity index (χ0) is 14.7. The fourth-order valence-electron chi connectivity index (χ4n) is 2.06. The Bertz CT molecular complexity index is 579. The van der Waals surface area contributed by atoms with Crippen LogP contribution < -0.4 is 15.0 Å². The van der Waals surface area contributed by atoms with Gasteiger partial charge in [0.15, 0.2) is 0 Å². The smallest absolute Gasteiger partial charge is 0.239 e. The van der Waals surface area contributed by atoms with Gasteiger partial charge in [-0.15, -0.1) is 0 Å². The molecule has 0 saturated carbocycles. The van der Waals surface area contributed by atoms with E-state index in [1.165, 1.54) is 0 Å². The highest BCUT2D eigenvalue weighted by molar-refractivity contribution is 5.74. The topological polar surface area (TPSA) is 55.2 Å². The van der Waals surface area contributed by atoms with Crippen LogP contribution in [0.15, 0.2) is 24.7 Å². The number of hydrogen-bond acceptors (Lipinski definition) is 5. The number of rotatable bonds is 5. The van der Waals surface area contributed by atoms with Gasteiger partial charge in [-0.2, -0.15) is 5.10 Å². The molecule has 0 bridgehead atoms. The Morgan fingerprint density at radius 2 is 2.15 bits per heavy atom. The molecule has 0 spiro atoms. The first-order valence-electron chi connectivity index (χ1n) is 6.48. The summed E-state index contributed by atoms with van der Waals surface area (Å²) < 4.78 is 7.15. The lowest BCUT2D eigenvalue weighted by Gasteiger charge is -2.22. The van der Waals surface area contributed by atoms with Crippen molar-refractivity contribution in [3.63, 3.8) is 0 Å². The second-order valence-corrected chi connectivity index (χ2v) is 4.92. The number of ether oxygens (including phenoxy) is 1. The standard InChI is InChI=1S/C14H21N5O/c1-10(11-8-16-19(4)9-11)17-13-12(18(2)3)6-7-15-14(13)20-5/h6-10,17H,1-5H3. The van der Waals surface area contributed by atoms with E-state index in [9.17, 15) is 0 Å². The van der Waals surface area contributed by atoms with Gasteiger partial charge in [0.25, 0.3) is 0 Å². The lowest BCUT2D eigenvalue weighted by Crippen LogP contribution is -2.15. The van der Waals surface area contributed by atoms with Crippen molar-refractivity contribution in [3.8, 4) is 5.88 Å². The minimum Gasteiger partial charge on any atom is -0.479 e. The predicted molar refractivity (Wildman–Crippen MR) is 80.4 cm³/mol. The molecular formula is C14H21N5O. The molecule has 108 valence electrons. The molecule has 2 aromatic rings. The molecule has 0 amide bonds. The summed E-state index contributed by atoms with van der Waals surface area (Å²) in [5.41, 5.74) is 3.03. The van der Waals surface area contributed by atoms with Crippen molar-refractivity contribution in [1.82, 2.24) is 14.8 Å². The Balaban J connectivity index is 2.32. The zero-order valence-corrected chi connectivity index (χ0v) is 12.6. The molecule has 2 rings (SSSR count). The molecular weight excluding hydrogens is 254 g/mol. The maximum Gasteiger partial charge on any atom is 0.239 e. The minimum atomic E-state index is 0.112. The maximum absolute atomic E-state index is 5.36. The zero-order valence-electron chi connectivity index (χ0n) is 12.6. The van der Waals surface area contributed by atoms with Crippen LogP contribution in [0.25, 0.3) is 0 Å². The van der Waals surface area contributed by atoms with Crippen LogP contribution in [0.5, 0.6) is 5.88 Å². The Kier molecular flexibility index (Phi) is 4.12. The third kappa shape index (κ3) is 2.84. The van der Waals surface area contributed by atoms with Gasteiger partial charge in [-0.05, 0) is 13.0 Å². The van der Waals surface area contributed by atoms with E-state index in [0.717, 1.165) is 16.9 Å². The summed E-state index contributed by atoms with van der Waals surface area (Å²) in [6.07, 6.45) is 5.60. The summed E-state index contributed by atoms with van der Waals surface area (Å²) >= 11 is 0. The largest absolute Gasteiger partial charge is 0.479 e. The van der Waals surface area contributed by atoms with E-state index in [2.05, 4.69) is 22.3 Å². The summed E-state index contributed by atoms with van der Waals surface area (Å²) in [5.74, 6) is 0.590. The van der Waals surface area contributed by atoms with Crippen LogP contribution in [0.4, 0.5) is 11.4 Å². The average Bonchev–Trinajstić information content (AvgIpc) is 2.85. The Hall–Kier alpha value is -2.24. The first kappa shape index (κ1) is 14.2. The summed E-state index contributed by atoms with van der Waals surface area (Å²) in [7, 11) is 7.53. The SMILES string of the molecule is COc1nccc(N(C)C)c1NC(C)c1cnn(C)c1. The highest BCUT2D eigenvalue weighted by Gasteiger charge is 2.16. The van der Waals surface area contributed by atoms with Crippen LogP contribution in [0.3, 0.4) is 0 Å². The van der Waals surface area contributed by atoms with Crippen LogP contribution in [0.1, 0.15) is 18.5 Å². The van der Waals surface area contributed by atoms with E-state index >= 15 is 0 Å². The minimum absolute atomic E-state index is 0.112. The molecule has 20 heavy (non-hydrogen) atoms.